The average Bonchev–Trinajstić information content (AvgIpc) is 2.80. The number of hydrogen-bond acceptors (Lipinski definition) is 5. The Morgan fingerprint density at radius 3 is 2.52 bits per heavy atom. The predicted octanol–water partition coefficient (Wildman–Crippen LogP) is 2.73. The van der Waals surface area contributed by atoms with Crippen molar-refractivity contribution in [3.8, 4) is 0 Å². The first-order chi connectivity index (χ1) is 11.6. The molecule has 0 aliphatic carbocycles. The van der Waals surface area contributed by atoms with Gasteiger partial charge in [0.1, 0.15) is 6.10 Å². The molecule has 3 aliphatic rings. The lowest BCUT2D eigenvalue weighted by atomic mass is 9.75. The molecule has 0 amide bonds. The number of hydrogen-bond donors (Lipinski definition) is 2. The van der Waals surface area contributed by atoms with Gasteiger partial charge in [-0.1, -0.05) is 19.9 Å². The van der Waals surface area contributed by atoms with Crippen LogP contribution < -0.4 is 0 Å². The van der Waals surface area contributed by atoms with Crippen LogP contribution in [0.2, 0.25) is 0 Å². The molecule has 0 aromatic rings. The average molecular weight is 352 g/mol. The number of aliphatic hydroxyl groups is 2. The molecule has 3 heterocycles. The molecule has 2 N–H and O–H groups in total. The minimum atomic E-state index is -0.996. The van der Waals surface area contributed by atoms with Gasteiger partial charge >= 0.3 is 5.97 Å². The molecule has 3 aliphatic heterocycles. The molecule has 0 aromatic carbocycles. The molecule has 142 valence electrons. The van der Waals surface area contributed by atoms with Crippen LogP contribution in [0, 0.1) is 11.8 Å². The van der Waals surface area contributed by atoms with E-state index in [0.29, 0.717) is 24.8 Å². The van der Waals surface area contributed by atoms with E-state index in [1.807, 2.05) is 6.92 Å². The van der Waals surface area contributed by atoms with Gasteiger partial charge < -0.3 is 19.7 Å². The molecule has 7 atom stereocenters. The molecule has 0 unspecified atom stereocenters. The SMILES string of the molecule is C=C1C(=O)O[C@H]2[C@H]3O[C@@H](C[C@@H]12)[C@](C)(O)CCC[C@](C)(O)CCC[C@H]3C. The third-order valence-corrected chi connectivity index (χ3v) is 6.49. The first-order valence-corrected chi connectivity index (χ1v) is 9.61. The number of carbonyl (C=O) groups excluding carboxylic acids is 1. The van der Waals surface area contributed by atoms with E-state index in [1.54, 1.807) is 6.92 Å². The van der Waals surface area contributed by atoms with E-state index in [2.05, 4.69) is 13.5 Å². The van der Waals surface area contributed by atoms with Crippen LogP contribution in [-0.4, -0.2) is 45.7 Å². The molecule has 3 saturated heterocycles. The van der Waals surface area contributed by atoms with Crippen LogP contribution in [0.5, 0.6) is 0 Å². The van der Waals surface area contributed by atoms with Gasteiger partial charge in [-0.3, -0.25) is 0 Å². The van der Waals surface area contributed by atoms with Crippen LogP contribution in [-0.2, 0) is 14.3 Å². The van der Waals surface area contributed by atoms with Crippen molar-refractivity contribution in [2.75, 3.05) is 0 Å². The Morgan fingerprint density at radius 1 is 1.12 bits per heavy atom. The summed E-state index contributed by atoms with van der Waals surface area (Å²) in [6.07, 6.45) is 4.18. The molecule has 0 spiro atoms. The van der Waals surface area contributed by atoms with Gasteiger partial charge in [-0.05, 0) is 58.3 Å². The van der Waals surface area contributed by atoms with Crippen LogP contribution in [0.4, 0.5) is 0 Å². The van der Waals surface area contributed by atoms with E-state index in [4.69, 9.17) is 9.47 Å². The van der Waals surface area contributed by atoms with E-state index < -0.39 is 11.2 Å². The van der Waals surface area contributed by atoms with Gasteiger partial charge in [0.25, 0.3) is 0 Å². The second-order valence-corrected chi connectivity index (χ2v) is 8.90. The second kappa shape index (κ2) is 6.67. The normalized spacial score (nSPS) is 48.9. The first-order valence-electron chi connectivity index (χ1n) is 9.61. The first kappa shape index (κ1) is 18.9. The van der Waals surface area contributed by atoms with Gasteiger partial charge in [-0.15, -0.1) is 0 Å². The van der Waals surface area contributed by atoms with Crippen molar-refractivity contribution in [1.29, 1.82) is 0 Å². The Bertz CT molecular complexity index is 538. The summed E-state index contributed by atoms with van der Waals surface area (Å²) in [5.74, 6) is -0.223. The Morgan fingerprint density at radius 2 is 1.80 bits per heavy atom. The van der Waals surface area contributed by atoms with Gasteiger partial charge in [0.2, 0.25) is 0 Å². The Balaban J connectivity index is 1.87. The van der Waals surface area contributed by atoms with E-state index in [-0.39, 0.29) is 36.1 Å². The lowest BCUT2D eigenvalue weighted by molar-refractivity contribution is -0.209. The van der Waals surface area contributed by atoms with Gasteiger partial charge in [-0.2, -0.15) is 0 Å². The third kappa shape index (κ3) is 3.79. The highest BCUT2D eigenvalue weighted by atomic mass is 16.6. The fraction of sp³-hybridized carbons (Fsp3) is 0.850. The van der Waals surface area contributed by atoms with Crippen molar-refractivity contribution in [1.82, 2.24) is 0 Å². The topological polar surface area (TPSA) is 76.0 Å². The van der Waals surface area contributed by atoms with Crippen molar-refractivity contribution < 1.29 is 24.5 Å². The van der Waals surface area contributed by atoms with Gasteiger partial charge in [-0.25, -0.2) is 4.79 Å². The molecular formula is C20H32O5. The molecule has 3 fully saturated rings. The summed E-state index contributed by atoms with van der Waals surface area (Å²) in [4.78, 5) is 12.0. The van der Waals surface area contributed by atoms with E-state index in [0.717, 1.165) is 25.7 Å². The second-order valence-electron chi connectivity index (χ2n) is 8.90. The molecule has 25 heavy (non-hydrogen) atoms. The quantitative estimate of drug-likeness (QED) is 0.518. The zero-order valence-corrected chi connectivity index (χ0v) is 15.7. The van der Waals surface area contributed by atoms with Gasteiger partial charge in [0.15, 0.2) is 0 Å². The molecule has 5 heteroatoms. The number of fused-ring (bicyclic) bond motifs is 4. The maximum Gasteiger partial charge on any atom is 0.334 e. The summed E-state index contributed by atoms with van der Waals surface area (Å²) >= 11 is 0. The Kier molecular flexibility index (Phi) is 5.04. The van der Waals surface area contributed by atoms with E-state index in [9.17, 15) is 15.0 Å². The number of rotatable bonds is 0. The van der Waals surface area contributed by atoms with Crippen molar-refractivity contribution in [2.45, 2.75) is 95.2 Å². The van der Waals surface area contributed by atoms with Crippen LogP contribution in [0.3, 0.4) is 0 Å². The zero-order chi connectivity index (χ0) is 18.4. The fourth-order valence-electron chi connectivity index (χ4n) is 4.70. The van der Waals surface area contributed by atoms with Gasteiger partial charge in [0.05, 0.1) is 23.4 Å². The number of carbonyl (C=O) groups is 1. The largest absolute Gasteiger partial charge is 0.456 e. The smallest absolute Gasteiger partial charge is 0.334 e. The zero-order valence-electron chi connectivity index (χ0n) is 15.7. The number of ether oxygens (including phenoxy) is 2. The van der Waals surface area contributed by atoms with E-state index >= 15 is 0 Å². The molecular weight excluding hydrogens is 320 g/mol. The maximum absolute atomic E-state index is 12.0. The molecule has 0 saturated carbocycles. The lowest BCUT2D eigenvalue weighted by Gasteiger charge is -2.45. The van der Waals surface area contributed by atoms with E-state index in [1.165, 1.54) is 0 Å². The number of esters is 1. The highest BCUT2D eigenvalue weighted by Crippen LogP contribution is 2.44. The predicted molar refractivity (Wildman–Crippen MR) is 93.9 cm³/mol. The minimum absolute atomic E-state index is 0.0729. The Hall–Kier alpha value is -0.910. The summed E-state index contributed by atoms with van der Waals surface area (Å²) in [5, 5.41) is 21.6. The maximum atomic E-state index is 12.0. The monoisotopic (exact) mass is 352 g/mol. The van der Waals surface area contributed by atoms with Crippen LogP contribution in [0.1, 0.15) is 65.7 Å². The van der Waals surface area contributed by atoms with Crippen molar-refractivity contribution >= 4 is 5.97 Å². The summed E-state index contributed by atoms with van der Waals surface area (Å²) in [6.45, 7) is 9.72. The fourth-order valence-corrected chi connectivity index (χ4v) is 4.70. The highest BCUT2D eigenvalue weighted by Gasteiger charge is 2.53. The van der Waals surface area contributed by atoms with Crippen molar-refractivity contribution in [2.24, 2.45) is 11.8 Å². The highest BCUT2D eigenvalue weighted by molar-refractivity contribution is 5.90. The van der Waals surface area contributed by atoms with Crippen molar-refractivity contribution in [3.05, 3.63) is 12.2 Å². The molecule has 5 nitrogen and oxygen atoms in total. The molecule has 2 bridgehead atoms. The summed E-state index contributed by atoms with van der Waals surface area (Å²) in [6, 6.07) is 0. The van der Waals surface area contributed by atoms with Crippen LogP contribution >= 0.6 is 0 Å². The molecule has 0 radical (unpaired) electrons. The van der Waals surface area contributed by atoms with Crippen LogP contribution in [0.15, 0.2) is 12.2 Å². The summed E-state index contributed by atoms with van der Waals surface area (Å²) in [7, 11) is 0. The Labute approximate surface area is 150 Å². The standard InChI is InChI=1S/C20H32O5/c1-12-7-5-8-19(3,22)9-6-10-20(4,23)15-11-14-13(2)18(21)25-17(14)16(12)24-15/h12,14-17,22-23H,2,5-11H2,1,3-4H3/t12-,14+,15+,16+,17-,19-,20-/m1/s1. The van der Waals surface area contributed by atoms with Crippen molar-refractivity contribution in [3.63, 3.8) is 0 Å². The van der Waals surface area contributed by atoms with Gasteiger partial charge in [0, 0.05) is 11.5 Å². The minimum Gasteiger partial charge on any atom is -0.456 e. The molecule has 3 rings (SSSR count). The van der Waals surface area contributed by atoms with Crippen LogP contribution in [0.25, 0.3) is 0 Å². The molecule has 0 aromatic heterocycles. The summed E-state index contributed by atoms with van der Waals surface area (Å²) < 4.78 is 11.9. The lowest BCUT2D eigenvalue weighted by Crippen LogP contribution is -2.54. The third-order valence-electron chi connectivity index (χ3n) is 6.49. The summed E-state index contributed by atoms with van der Waals surface area (Å²) in [5.41, 5.74) is -1.17.